The fourth-order valence-corrected chi connectivity index (χ4v) is 2.83. The number of nitrogens with one attached hydrogen (secondary N) is 1. The molecule has 0 aromatic heterocycles. The first-order valence-electron chi connectivity index (χ1n) is 4.01. The molecule has 0 aromatic rings. The quantitative estimate of drug-likeness (QED) is 0.672. The van der Waals surface area contributed by atoms with Crippen LogP contribution in [0.4, 0.5) is 0 Å². The van der Waals surface area contributed by atoms with E-state index in [1.54, 1.807) is 0 Å². The molecule has 0 amide bonds. The Bertz CT molecular complexity index is 255. The highest BCUT2D eigenvalue weighted by molar-refractivity contribution is 7.90. The molecular formula is C7H15NO2S2. The summed E-state index contributed by atoms with van der Waals surface area (Å²) in [7, 11) is -3.06. The first-order chi connectivity index (χ1) is 5.37. The molecule has 12 heavy (non-hydrogen) atoms. The summed E-state index contributed by atoms with van der Waals surface area (Å²) >= 11 is 4.07. The van der Waals surface area contributed by atoms with Crippen LogP contribution in [0.2, 0.25) is 0 Å². The van der Waals surface area contributed by atoms with Crippen molar-refractivity contribution in [2.24, 2.45) is 0 Å². The first-order valence-corrected chi connectivity index (χ1v) is 6.19. The average molecular weight is 209 g/mol. The first kappa shape index (κ1) is 10.3. The minimum absolute atomic E-state index is 0.142. The van der Waals surface area contributed by atoms with Gasteiger partial charge < -0.3 is 0 Å². The molecule has 0 saturated heterocycles. The SMILES string of the molecule is CC(C)(CS)NS(=O)(=O)C1CC1. The van der Waals surface area contributed by atoms with Crippen molar-refractivity contribution >= 4 is 22.7 Å². The maximum absolute atomic E-state index is 11.4. The molecule has 0 radical (unpaired) electrons. The van der Waals surface area contributed by atoms with Gasteiger partial charge in [-0.15, -0.1) is 0 Å². The van der Waals surface area contributed by atoms with E-state index in [4.69, 9.17) is 0 Å². The zero-order valence-electron chi connectivity index (χ0n) is 7.37. The van der Waals surface area contributed by atoms with Crippen LogP contribution < -0.4 is 4.72 Å². The van der Waals surface area contributed by atoms with Crippen LogP contribution in [-0.2, 0) is 10.0 Å². The lowest BCUT2D eigenvalue weighted by atomic mass is 10.1. The van der Waals surface area contributed by atoms with Gasteiger partial charge in [0.1, 0.15) is 0 Å². The summed E-state index contributed by atoms with van der Waals surface area (Å²) in [5, 5.41) is -0.142. The summed E-state index contributed by atoms with van der Waals surface area (Å²) in [4.78, 5) is 0. The molecule has 0 bridgehead atoms. The second-order valence-electron chi connectivity index (χ2n) is 3.89. The Hall–Kier alpha value is 0.260. The topological polar surface area (TPSA) is 46.2 Å². The van der Waals surface area contributed by atoms with E-state index in [2.05, 4.69) is 17.4 Å². The molecule has 1 rings (SSSR count). The maximum Gasteiger partial charge on any atom is 0.214 e. The standard InChI is InChI=1S/C7H15NO2S2/c1-7(2,5-11)8-12(9,10)6-3-4-6/h6,8,11H,3-5H2,1-2H3. The van der Waals surface area contributed by atoms with Gasteiger partial charge in [0.2, 0.25) is 10.0 Å². The zero-order chi connectivity index (χ0) is 9.41. The van der Waals surface area contributed by atoms with Crippen molar-refractivity contribution in [3.63, 3.8) is 0 Å². The molecule has 1 N–H and O–H groups in total. The van der Waals surface area contributed by atoms with Gasteiger partial charge in [0, 0.05) is 11.3 Å². The van der Waals surface area contributed by atoms with E-state index >= 15 is 0 Å². The highest BCUT2D eigenvalue weighted by Gasteiger charge is 2.38. The Morgan fingerprint density at radius 2 is 2.00 bits per heavy atom. The van der Waals surface area contributed by atoms with Crippen LogP contribution >= 0.6 is 12.6 Å². The van der Waals surface area contributed by atoms with Crippen molar-refractivity contribution < 1.29 is 8.42 Å². The normalized spacial score (nSPS) is 19.6. The Labute approximate surface area is 79.4 Å². The Morgan fingerprint density at radius 3 is 2.33 bits per heavy atom. The average Bonchev–Trinajstić information content (AvgIpc) is 2.65. The fraction of sp³-hybridized carbons (Fsp3) is 1.00. The largest absolute Gasteiger partial charge is 0.214 e. The monoisotopic (exact) mass is 209 g/mol. The number of rotatable bonds is 4. The molecule has 0 unspecified atom stereocenters. The van der Waals surface area contributed by atoms with Gasteiger partial charge >= 0.3 is 0 Å². The van der Waals surface area contributed by atoms with Crippen molar-refractivity contribution in [1.29, 1.82) is 0 Å². The van der Waals surface area contributed by atoms with Gasteiger partial charge in [-0.05, 0) is 26.7 Å². The molecule has 1 aliphatic carbocycles. The molecule has 0 atom stereocenters. The number of hydrogen-bond donors (Lipinski definition) is 2. The molecule has 72 valence electrons. The lowest BCUT2D eigenvalue weighted by molar-refractivity contribution is 0.498. The fourth-order valence-electron chi connectivity index (χ4n) is 0.879. The van der Waals surface area contributed by atoms with Crippen LogP contribution in [-0.4, -0.2) is 25.0 Å². The lowest BCUT2D eigenvalue weighted by Gasteiger charge is -2.23. The van der Waals surface area contributed by atoms with Crippen molar-refractivity contribution in [3.8, 4) is 0 Å². The van der Waals surface area contributed by atoms with E-state index < -0.39 is 15.6 Å². The van der Waals surface area contributed by atoms with E-state index in [9.17, 15) is 8.42 Å². The van der Waals surface area contributed by atoms with Gasteiger partial charge in [0.25, 0.3) is 0 Å². The highest BCUT2D eigenvalue weighted by Crippen LogP contribution is 2.28. The second kappa shape index (κ2) is 3.20. The minimum atomic E-state index is -3.06. The Kier molecular flexibility index (Phi) is 2.75. The van der Waals surface area contributed by atoms with Crippen LogP contribution in [0.1, 0.15) is 26.7 Å². The molecule has 1 aliphatic rings. The van der Waals surface area contributed by atoms with Crippen LogP contribution in [0.15, 0.2) is 0 Å². The van der Waals surface area contributed by atoms with Crippen LogP contribution in [0.3, 0.4) is 0 Å². The summed E-state index contributed by atoms with van der Waals surface area (Å²) in [5.41, 5.74) is -0.426. The highest BCUT2D eigenvalue weighted by atomic mass is 32.2. The second-order valence-corrected chi connectivity index (χ2v) is 6.17. The third kappa shape index (κ3) is 2.64. The van der Waals surface area contributed by atoms with Gasteiger partial charge in [-0.25, -0.2) is 13.1 Å². The number of sulfonamides is 1. The summed E-state index contributed by atoms with van der Waals surface area (Å²) in [5.74, 6) is 0.513. The molecule has 0 heterocycles. The van der Waals surface area contributed by atoms with E-state index in [1.165, 1.54) is 0 Å². The smallest absolute Gasteiger partial charge is 0.212 e. The predicted octanol–water partition coefficient (Wildman–Crippen LogP) is 0.777. The van der Waals surface area contributed by atoms with E-state index in [0.717, 1.165) is 12.8 Å². The third-order valence-corrected chi connectivity index (χ3v) is 4.75. The van der Waals surface area contributed by atoms with E-state index in [-0.39, 0.29) is 5.25 Å². The van der Waals surface area contributed by atoms with Crippen molar-refractivity contribution in [2.75, 3.05) is 5.75 Å². The summed E-state index contributed by atoms with van der Waals surface area (Å²) in [6.07, 6.45) is 1.61. The van der Waals surface area contributed by atoms with Crippen LogP contribution in [0, 0.1) is 0 Å². The van der Waals surface area contributed by atoms with E-state index in [0.29, 0.717) is 5.75 Å². The summed E-state index contributed by atoms with van der Waals surface area (Å²) in [6.45, 7) is 3.67. The molecule has 0 spiro atoms. The predicted molar refractivity (Wildman–Crippen MR) is 53.0 cm³/mol. The van der Waals surface area contributed by atoms with Gasteiger partial charge in [0.05, 0.1) is 5.25 Å². The minimum Gasteiger partial charge on any atom is -0.212 e. The van der Waals surface area contributed by atoms with Crippen LogP contribution in [0.5, 0.6) is 0 Å². The van der Waals surface area contributed by atoms with Gasteiger partial charge in [-0.1, -0.05) is 0 Å². The number of thiol groups is 1. The summed E-state index contributed by atoms with van der Waals surface area (Å²) < 4.78 is 25.5. The third-order valence-electron chi connectivity index (χ3n) is 1.78. The number of hydrogen-bond acceptors (Lipinski definition) is 3. The zero-order valence-corrected chi connectivity index (χ0v) is 9.08. The molecular weight excluding hydrogens is 194 g/mol. The van der Waals surface area contributed by atoms with Crippen molar-refractivity contribution in [2.45, 2.75) is 37.5 Å². The molecule has 5 heteroatoms. The molecule has 1 saturated carbocycles. The maximum atomic E-state index is 11.4. The van der Waals surface area contributed by atoms with Gasteiger partial charge in [-0.3, -0.25) is 0 Å². The Balaban J connectivity index is 2.60. The van der Waals surface area contributed by atoms with Gasteiger partial charge in [-0.2, -0.15) is 12.6 Å². The molecule has 0 aromatic carbocycles. The molecule has 3 nitrogen and oxygen atoms in total. The van der Waals surface area contributed by atoms with E-state index in [1.807, 2.05) is 13.8 Å². The van der Waals surface area contributed by atoms with Crippen molar-refractivity contribution in [1.82, 2.24) is 4.72 Å². The van der Waals surface area contributed by atoms with Gasteiger partial charge in [0.15, 0.2) is 0 Å². The Morgan fingerprint density at radius 1 is 1.50 bits per heavy atom. The van der Waals surface area contributed by atoms with Crippen molar-refractivity contribution in [3.05, 3.63) is 0 Å². The molecule has 1 fully saturated rings. The summed E-state index contributed by atoms with van der Waals surface area (Å²) in [6, 6.07) is 0. The van der Waals surface area contributed by atoms with Crippen LogP contribution in [0.25, 0.3) is 0 Å². The lowest BCUT2D eigenvalue weighted by Crippen LogP contribution is -2.46. The molecule has 0 aliphatic heterocycles.